The minimum atomic E-state index is -1.63. The van der Waals surface area contributed by atoms with Crippen LogP contribution in [0.5, 0.6) is 0 Å². The molecule has 1 amide bonds. The molecule has 1 saturated heterocycles. The molecule has 0 aliphatic carbocycles. The van der Waals surface area contributed by atoms with Crippen LogP contribution in [0.4, 0.5) is 0 Å². The molecule has 11 nitrogen and oxygen atoms in total. The third-order valence-corrected chi connectivity index (χ3v) is 13.2. The highest BCUT2D eigenvalue weighted by Gasteiger charge is 2.47. The predicted octanol–water partition coefficient (Wildman–Crippen LogP) is 13.7. The number of aliphatic hydroxyl groups is 5. The number of hydrogen-bond acceptors (Lipinski definition) is 10. The second-order valence-corrected chi connectivity index (χ2v) is 20.0. The molecule has 11 heteroatoms. The van der Waals surface area contributed by atoms with Crippen LogP contribution in [-0.4, -0.2) is 99.6 Å². The monoisotopic (exact) mass is 1050 g/mol. The van der Waals surface area contributed by atoms with Crippen LogP contribution in [0.2, 0.25) is 0 Å². The maximum absolute atomic E-state index is 13.4. The van der Waals surface area contributed by atoms with Crippen molar-refractivity contribution in [2.45, 2.75) is 269 Å². The normalized spacial score (nSPS) is 20.0. The maximum Gasteiger partial charge on any atom is 0.306 e. The summed E-state index contributed by atoms with van der Waals surface area (Å²) >= 11 is 0. The Kier molecular flexibility index (Phi) is 47.2. The molecule has 75 heavy (non-hydrogen) atoms. The first-order valence-electron chi connectivity index (χ1n) is 29.7. The third-order valence-electron chi connectivity index (χ3n) is 13.2. The number of hydrogen-bond donors (Lipinski definition) is 6. The number of esters is 1. The minimum absolute atomic E-state index is 0.0935. The molecule has 8 unspecified atom stereocenters. The zero-order chi connectivity index (χ0) is 54.7. The van der Waals surface area contributed by atoms with E-state index in [4.69, 9.17) is 14.2 Å². The van der Waals surface area contributed by atoms with E-state index in [1.165, 1.54) is 38.5 Å². The van der Waals surface area contributed by atoms with Crippen molar-refractivity contribution in [1.82, 2.24) is 5.32 Å². The molecule has 0 spiro atoms. The van der Waals surface area contributed by atoms with Crippen molar-refractivity contribution in [2.75, 3.05) is 13.2 Å². The summed E-state index contributed by atoms with van der Waals surface area (Å²) in [6.45, 7) is 5.49. The van der Waals surface area contributed by atoms with Crippen molar-refractivity contribution in [3.05, 3.63) is 109 Å². The van der Waals surface area contributed by atoms with Gasteiger partial charge < -0.3 is 45.1 Å². The van der Waals surface area contributed by atoms with E-state index in [2.05, 4.69) is 105 Å². The van der Waals surface area contributed by atoms with Gasteiger partial charge in [-0.2, -0.15) is 0 Å². The smallest absolute Gasteiger partial charge is 0.306 e. The van der Waals surface area contributed by atoms with Crippen LogP contribution in [0, 0.1) is 0 Å². The number of ether oxygens (including phenoxy) is 3. The van der Waals surface area contributed by atoms with Gasteiger partial charge in [-0.3, -0.25) is 9.59 Å². The fraction of sp³-hybridized carbons (Fsp3) is 0.688. The average molecular weight is 1050 g/mol. The second kappa shape index (κ2) is 51.1. The molecule has 1 rings (SSSR count). The van der Waals surface area contributed by atoms with E-state index in [0.29, 0.717) is 12.8 Å². The van der Waals surface area contributed by atoms with Crippen LogP contribution >= 0.6 is 0 Å². The maximum atomic E-state index is 13.4. The number of rotatable bonds is 48. The van der Waals surface area contributed by atoms with Crippen LogP contribution in [0.15, 0.2) is 109 Å². The lowest BCUT2D eigenvalue weighted by Gasteiger charge is -2.41. The van der Waals surface area contributed by atoms with Gasteiger partial charge in [0.25, 0.3) is 0 Å². The Morgan fingerprint density at radius 3 is 1.59 bits per heavy atom. The van der Waals surface area contributed by atoms with Gasteiger partial charge in [-0.15, -0.1) is 0 Å². The van der Waals surface area contributed by atoms with Crippen molar-refractivity contribution in [1.29, 1.82) is 0 Å². The molecule has 0 aromatic heterocycles. The van der Waals surface area contributed by atoms with Crippen LogP contribution in [-0.2, 0) is 23.8 Å². The Bertz CT molecular complexity index is 1630. The van der Waals surface area contributed by atoms with Gasteiger partial charge in [0.1, 0.15) is 24.4 Å². The van der Waals surface area contributed by atoms with Crippen LogP contribution in [0.3, 0.4) is 0 Å². The molecule has 1 aliphatic rings. The molecular weight excluding hydrogens is 943 g/mol. The summed E-state index contributed by atoms with van der Waals surface area (Å²) in [6, 6.07) is -1.04. The number of carbonyl (C=O) groups is 2. The largest absolute Gasteiger partial charge is 0.454 e. The van der Waals surface area contributed by atoms with Crippen LogP contribution < -0.4 is 5.32 Å². The average Bonchev–Trinajstić information content (AvgIpc) is 3.41. The quantitative estimate of drug-likeness (QED) is 0.0149. The molecule has 6 N–H and O–H groups in total. The van der Waals surface area contributed by atoms with Gasteiger partial charge in [0.05, 0.1) is 25.4 Å². The first-order chi connectivity index (χ1) is 36.7. The topological polar surface area (TPSA) is 175 Å². The van der Waals surface area contributed by atoms with Gasteiger partial charge in [-0.1, -0.05) is 233 Å². The fourth-order valence-electron chi connectivity index (χ4n) is 8.56. The molecule has 428 valence electrons. The van der Waals surface area contributed by atoms with E-state index < -0.39 is 67.4 Å². The highest BCUT2D eigenvalue weighted by atomic mass is 16.7. The highest BCUT2D eigenvalue weighted by molar-refractivity contribution is 5.80. The van der Waals surface area contributed by atoms with E-state index in [9.17, 15) is 35.1 Å². The Morgan fingerprint density at radius 1 is 0.547 bits per heavy atom. The van der Waals surface area contributed by atoms with Gasteiger partial charge in [-0.05, 0) is 89.9 Å². The number of carbonyl (C=O) groups excluding carboxylic acids is 2. The summed E-state index contributed by atoms with van der Waals surface area (Å²) in [5, 5.41) is 56.8. The Balaban J connectivity index is 2.69. The standard InChI is InChI=1S/C64H107NO10/c1-4-7-10-13-16-19-22-24-25-26-27-28-29-30-31-32-34-36-39-42-45-48-51-57(68)63(72)65-55(56(67)50-47-44-41-38-35-21-18-15-12-9-6-3)54-73-64-62(61(71)60(70)58(53-66)74-64)75-59(69)52-49-46-43-40-37-33-23-20-17-14-11-8-5-2/h7-8,10-11,14,16-17,19-20,23-25,27-28,30-31,47,50,55-58,60-62,64,66-68,70-71H,4-6,9,12-13,15,18,21-22,26,29,32-46,48-49,51-54H2,1-3H3,(H,65,72)/b10-7-,11-8+,17-14+,19-16-,23-20-,25-24-,28-27-,31-30-,50-47+. The SMILES string of the molecule is CC/C=C\C/C=C\C/C=C\C/C=C\C/C=C\CCCCCCCCC(O)C(=O)NC(COC1OC(CO)C(O)C(O)C1OC(=O)CCCCCCC\C=C/C=C/C=C/CC)C(O)/C=C/CCCCCCCCCCC. The summed E-state index contributed by atoms with van der Waals surface area (Å²) < 4.78 is 17.5. The van der Waals surface area contributed by atoms with E-state index in [-0.39, 0.29) is 19.4 Å². The van der Waals surface area contributed by atoms with Gasteiger partial charge in [-0.25, -0.2) is 0 Å². The molecular formula is C64H107NO10. The van der Waals surface area contributed by atoms with Crippen LogP contribution in [0.25, 0.3) is 0 Å². The lowest BCUT2D eigenvalue weighted by molar-refractivity contribution is -0.305. The van der Waals surface area contributed by atoms with Crippen molar-refractivity contribution >= 4 is 11.9 Å². The van der Waals surface area contributed by atoms with Crippen molar-refractivity contribution in [3.63, 3.8) is 0 Å². The first kappa shape index (κ1) is 69.3. The molecule has 1 heterocycles. The first-order valence-corrected chi connectivity index (χ1v) is 29.7. The lowest BCUT2D eigenvalue weighted by atomic mass is 9.99. The van der Waals surface area contributed by atoms with Gasteiger partial charge in [0.2, 0.25) is 5.91 Å². The van der Waals surface area contributed by atoms with E-state index in [1.54, 1.807) is 6.08 Å². The predicted molar refractivity (Wildman–Crippen MR) is 310 cm³/mol. The summed E-state index contributed by atoms with van der Waals surface area (Å²) in [5.41, 5.74) is 0. The lowest BCUT2D eigenvalue weighted by Crippen LogP contribution is -2.61. The fourth-order valence-corrected chi connectivity index (χ4v) is 8.56. The molecule has 1 fully saturated rings. The van der Waals surface area contributed by atoms with Gasteiger partial charge in [0.15, 0.2) is 12.4 Å². The molecule has 0 aromatic carbocycles. The molecule has 0 saturated carbocycles. The van der Waals surface area contributed by atoms with E-state index >= 15 is 0 Å². The zero-order valence-corrected chi connectivity index (χ0v) is 47.1. The third kappa shape index (κ3) is 39.4. The summed E-state index contributed by atoms with van der Waals surface area (Å²) in [6.07, 6.45) is 58.5. The molecule has 0 aromatic rings. The minimum Gasteiger partial charge on any atom is -0.454 e. The van der Waals surface area contributed by atoms with Crippen molar-refractivity contribution in [2.24, 2.45) is 0 Å². The van der Waals surface area contributed by atoms with E-state index in [0.717, 1.165) is 135 Å². The summed E-state index contributed by atoms with van der Waals surface area (Å²) in [4.78, 5) is 26.5. The summed E-state index contributed by atoms with van der Waals surface area (Å²) in [5.74, 6) is -1.24. The number of unbranched alkanes of at least 4 members (excludes halogenated alkanes) is 20. The zero-order valence-electron chi connectivity index (χ0n) is 47.1. The van der Waals surface area contributed by atoms with Gasteiger partial charge >= 0.3 is 5.97 Å². The number of amides is 1. The Hall–Kier alpha value is -3.68. The number of aliphatic hydroxyl groups excluding tert-OH is 5. The Labute approximate surface area is 456 Å². The molecule has 0 bridgehead atoms. The Morgan fingerprint density at radius 2 is 1.03 bits per heavy atom. The second-order valence-electron chi connectivity index (χ2n) is 20.0. The number of nitrogens with one attached hydrogen (secondary N) is 1. The molecule has 1 aliphatic heterocycles. The van der Waals surface area contributed by atoms with E-state index in [1.807, 2.05) is 24.3 Å². The van der Waals surface area contributed by atoms with Gasteiger partial charge in [0, 0.05) is 6.42 Å². The number of allylic oxidation sites excluding steroid dienone is 17. The van der Waals surface area contributed by atoms with Crippen molar-refractivity contribution in [3.8, 4) is 0 Å². The van der Waals surface area contributed by atoms with Crippen molar-refractivity contribution < 1.29 is 49.3 Å². The summed E-state index contributed by atoms with van der Waals surface area (Å²) in [7, 11) is 0. The molecule has 0 radical (unpaired) electrons. The molecule has 8 atom stereocenters. The van der Waals surface area contributed by atoms with Crippen LogP contribution in [0.1, 0.15) is 220 Å². The highest BCUT2D eigenvalue weighted by Crippen LogP contribution is 2.26.